The van der Waals surface area contributed by atoms with Gasteiger partial charge in [0, 0.05) is 5.69 Å². The van der Waals surface area contributed by atoms with Crippen molar-refractivity contribution in [2.45, 2.75) is 65.8 Å². The fourth-order valence-electron chi connectivity index (χ4n) is 4.96. The fraction of sp³-hybridized carbons (Fsp3) is 0.333. The number of amides is 3. The van der Waals surface area contributed by atoms with Crippen LogP contribution in [0, 0.1) is 20.8 Å². The van der Waals surface area contributed by atoms with Crippen LogP contribution >= 0.6 is 0 Å². The van der Waals surface area contributed by atoms with Crippen LogP contribution in [-0.2, 0) is 0 Å². The number of methoxy groups -OCH3 is 1. The molecule has 3 aromatic carbocycles. The van der Waals surface area contributed by atoms with Crippen molar-refractivity contribution in [3.8, 4) is 16.9 Å². The van der Waals surface area contributed by atoms with Gasteiger partial charge < -0.3 is 25.8 Å². The monoisotopic (exact) mass is 543 g/mol. The Hall–Kier alpha value is -4.26. The highest BCUT2D eigenvalue weighted by Gasteiger charge is 2.34. The third kappa shape index (κ3) is 7.03. The van der Waals surface area contributed by atoms with Gasteiger partial charge in [0.15, 0.2) is 0 Å². The molecule has 7 nitrogen and oxygen atoms in total. The number of aliphatic hydroxyl groups is 1. The molecule has 3 amide bonds. The van der Waals surface area contributed by atoms with Gasteiger partial charge in [-0.05, 0) is 80.1 Å². The molecule has 0 saturated carbocycles. The summed E-state index contributed by atoms with van der Waals surface area (Å²) in [6.45, 7) is 13.6. The van der Waals surface area contributed by atoms with Gasteiger partial charge in [-0.3, -0.25) is 4.79 Å². The van der Waals surface area contributed by atoms with Gasteiger partial charge in [0.05, 0.1) is 23.9 Å². The summed E-state index contributed by atoms with van der Waals surface area (Å²) in [6, 6.07) is 16.4. The van der Waals surface area contributed by atoms with E-state index in [0.717, 1.165) is 52.1 Å². The number of nitrogens with one attached hydrogen (secondary N) is 3. The maximum absolute atomic E-state index is 13.7. The van der Waals surface area contributed by atoms with Crippen LogP contribution in [0.3, 0.4) is 0 Å². The minimum atomic E-state index is -0.961. The van der Waals surface area contributed by atoms with E-state index in [1.165, 1.54) is 0 Å². The SMILES string of the molecule is C=C(O)C(CC)(CCCC)NC(=O)c1ccc(-c2ccc(OC)cc2)cc1NC(=O)Nc1c(C)cc(C)cc1C. The second-order valence-corrected chi connectivity index (χ2v) is 10.3. The van der Waals surface area contributed by atoms with Crippen LogP contribution in [0.2, 0.25) is 0 Å². The largest absolute Gasteiger partial charge is 0.510 e. The number of benzene rings is 3. The number of carbonyl (C=O) groups excluding carboxylic acids is 2. The minimum absolute atomic E-state index is 0.0794. The Morgan fingerprint density at radius 3 is 2.10 bits per heavy atom. The van der Waals surface area contributed by atoms with Crippen molar-refractivity contribution >= 4 is 23.3 Å². The number of hydrogen-bond donors (Lipinski definition) is 4. The quantitative estimate of drug-likeness (QED) is 0.184. The van der Waals surface area contributed by atoms with Crippen molar-refractivity contribution < 1.29 is 19.4 Å². The molecule has 0 radical (unpaired) electrons. The molecule has 0 heterocycles. The topological polar surface area (TPSA) is 99.7 Å². The average molecular weight is 544 g/mol. The Balaban J connectivity index is 2.00. The van der Waals surface area contributed by atoms with E-state index in [0.29, 0.717) is 18.5 Å². The first-order valence-corrected chi connectivity index (χ1v) is 13.7. The highest BCUT2D eigenvalue weighted by atomic mass is 16.5. The van der Waals surface area contributed by atoms with Crippen LogP contribution in [0.4, 0.5) is 16.2 Å². The van der Waals surface area contributed by atoms with Gasteiger partial charge in [0.1, 0.15) is 11.5 Å². The fourth-order valence-corrected chi connectivity index (χ4v) is 4.96. The molecule has 0 saturated heterocycles. The summed E-state index contributed by atoms with van der Waals surface area (Å²) in [7, 11) is 1.61. The first-order chi connectivity index (χ1) is 19.0. The molecule has 1 atom stereocenters. The van der Waals surface area contributed by atoms with Crippen molar-refractivity contribution in [1.29, 1.82) is 0 Å². The number of carbonyl (C=O) groups is 2. The highest BCUT2D eigenvalue weighted by molar-refractivity contribution is 6.08. The van der Waals surface area contributed by atoms with E-state index >= 15 is 0 Å². The van der Waals surface area contributed by atoms with Crippen molar-refractivity contribution in [3.05, 3.63) is 89.2 Å². The van der Waals surface area contributed by atoms with E-state index < -0.39 is 17.5 Å². The summed E-state index contributed by atoms with van der Waals surface area (Å²) in [6.07, 6.45) is 2.76. The van der Waals surface area contributed by atoms with Gasteiger partial charge in [0.25, 0.3) is 5.91 Å². The number of ether oxygens (including phenoxy) is 1. The number of anilines is 2. The number of hydrogen-bond acceptors (Lipinski definition) is 4. The van der Waals surface area contributed by atoms with Crippen molar-refractivity contribution in [2.75, 3.05) is 17.7 Å². The Morgan fingerprint density at radius 1 is 0.925 bits per heavy atom. The second kappa shape index (κ2) is 13.2. The smallest absolute Gasteiger partial charge is 0.323 e. The zero-order chi connectivity index (χ0) is 29.4. The molecule has 0 fully saturated rings. The Kier molecular flexibility index (Phi) is 9.99. The molecule has 0 spiro atoms. The molecular weight excluding hydrogens is 502 g/mol. The summed E-state index contributed by atoms with van der Waals surface area (Å²) in [5, 5.41) is 19.3. The highest BCUT2D eigenvalue weighted by Crippen LogP contribution is 2.30. The summed E-state index contributed by atoms with van der Waals surface area (Å²) in [5.41, 5.74) is 5.10. The minimum Gasteiger partial charge on any atom is -0.510 e. The van der Waals surface area contributed by atoms with Crippen LogP contribution < -0.4 is 20.7 Å². The molecule has 212 valence electrons. The third-order valence-corrected chi connectivity index (χ3v) is 7.32. The number of urea groups is 1. The van der Waals surface area contributed by atoms with Crippen molar-refractivity contribution in [3.63, 3.8) is 0 Å². The van der Waals surface area contributed by atoms with Crippen LogP contribution in [0.25, 0.3) is 11.1 Å². The summed E-state index contributed by atoms with van der Waals surface area (Å²) in [5.74, 6) is 0.241. The molecule has 0 aliphatic rings. The van der Waals surface area contributed by atoms with Gasteiger partial charge >= 0.3 is 6.03 Å². The maximum Gasteiger partial charge on any atom is 0.323 e. The zero-order valence-electron chi connectivity index (χ0n) is 24.4. The lowest BCUT2D eigenvalue weighted by Crippen LogP contribution is -2.49. The third-order valence-electron chi connectivity index (χ3n) is 7.32. The molecule has 0 aliphatic heterocycles. The lowest BCUT2D eigenvalue weighted by atomic mass is 9.87. The first kappa shape index (κ1) is 30.3. The van der Waals surface area contributed by atoms with Gasteiger partial charge in [-0.2, -0.15) is 0 Å². The molecule has 0 aliphatic carbocycles. The van der Waals surface area contributed by atoms with E-state index in [2.05, 4.69) is 29.5 Å². The van der Waals surface area contributed by atoms with E-state index in [1.807, 2.05) is 70.2 Å². The van der Waals surface area contributed by atoms with Crippen LogP contribution in [0.5, 0.6) is 5.75 Å². The van der Waals surface area contributed by atoms with Gasteiger partial charge in [0.2, 0.25) is 0 Å². The predicted molar refractivity (Wildman–Crippen MR) is 164 cm³/mol. The molecule has 3 aromatic rings. The van der Waals surface area contributed by atoms with Crippen molar-refractivity contribution in [1.82, 2.24) is 5.32 Å². The molecule has 0 aromatic heterocycles. The van der Waals surface area contributed by atoms with Crippen LogP contribution in [0.1, 0.15) is 66.6 Å². The Bertz CT molecular complexity index is 1360. The standard InChI is InChI=1S/C33H41N3O4/c1-8-10-17-33(9-2,24(6)37)36-31(38)28-16-13-26(25-11-14-27(40-7)15-12-25)20-29(28)34-32(39)35-30-22(4)18-21(3)19-23(30)5/h11-16,18-20,37H,6,8-10,17H2,1-5,7H3,(H,36,38)(H2,34,35,39). The second-order valence-electron chi connectivity index (χ2n) is 10.3. The van der Waals surface area contributed by atoms with Gasteiger partial charge in [-0.1, -0.05) is 69.2 Å². The molecular formula is C33H41N3O4. The molecule has 40 heavy (non-hydrogen) atoms. The molecule has 3 rings (SSSR count). The van der Waals surface area contributed by atoms with Gasteiger partial charge in [-0.15, -0.1) is 0 Å². The summed E-state index contributed by atoms with van der Waals surface area (Å²) in [4.78, 5) is 26.9. The summed E-state index contributed by atoms with van der Waals surface area (Å²) < 4.78 is 5.27. The number of rotatable bonds is 11. The molecule has 7 heteroatoms. The molecule has 0 bridgehead atoms. The number of unbranched alkanes of at least 4 members (excludes halogenated alkanes) is 1. The van der Waals surface area contributed by atoms with E-state index in [1.54, 1.807) is 19.2 Å². The predicted octanol–water partition coefficient (Wildman–Crippen LogP) is 8.07. The maximum atomic E-state index is 13.7. The zero-order valence-corrected chi connectivity index (χ0v) is 24.4. The van der Waals surface area contributed by atoms with Crippen molar-refractivity contribution in [2.24, 2.45) is 0 Å². The first-order valence-electron chi connectivity index (χ1n) is 13.7. The van der Waals surface area contributed by atoms with Crippen LogP contribution in [0.15, 0.2) is 66.9 Å². The molecule has 4 N–H and O–H groups in total. The van der Waals surface area contributed by atoms with Gasteiger partial charge in [-0.25, -0.2) is 4.79 Å². The number of aryl methyl sites for hydroxylation is 3. The van der Waals surface area contributed by atoms with Crippen LogP contribution in [-0.4, -0.2) is 29.7 Å². The van der Waals surface area contributed by atoms with E-state index in [9.17, 15) is 14.7 Å². The van der Waals surface area contributed by atoms with E-state index in [4.69, 9.17) is 4.74 Å². The summed E-state index contributed by atoms with van der Waals surface area (Å²) >= 11 is 0. The Morgan fingerprint density at radius 2 is 1.55 bits per heavy atom. The lowest BCUT2D eigenvalue weighted by Gasteiger charge is -2.33. The average Bonchev–Trinajstić information content (AvgIpc) is 2.92. The lowest BCUT2D eigenvalue weighted by molar-refractivity contribution is 0.0879. The normalized spacial score (nSPS) is 12.2. The molecule has 1 unspecified atom stereocenters. The Labute approximate surface area is 237 Å². The van der Waals surface area contributed by atoms with E-state index in [-0.39, 0.29) is 11.3 Å². The number of aliphatic hydroxyl groups excluding tert-OH is 1.